The van der Waals surface area contributed by atoms with Gasteiger partial charge in [-0.3, -0.25) is 4.79 Å². The SMILES string of the molecule is Cc1nc2ccc(Nc3nc(N[C@@H](C)[C@@H](C)N)c(F)cc3C(N)=O)cc2nc1C. The summed E-state index contributed by atoms with van der Waals surface area (Å²) >= 11 is 0. The first-order valence-corrected chi connectivity index (χ1v) is 9.20. The monoisotopic (exact) mass is 397 g/mol. The molecule has 0 unspecified atom stereocenters. The number of carbonyl (C=O) groups excluding carboxylic acids is 1. The zero-order chi connectivity index (χ0) is 21.3. The molecule has 29 heavy (non-hydrogen) atoms. The minimum atomic E-state index is -0.794. The molecule has 0 saturated heterocycles. The Balaban J connectivity index is 2.01. The van der Waals surface area contributed by atoms with E-state index in [-0.39, 0.29) is 29.3 Å². The van der Waals surface area contributed by atoms with Crippen LogP contribution in [0.25, 0.3) is 11.0 Å². The third-order valence-electron chi connectivity index (χ3n) is 4.73. The lowest BCUT2D eigenvalue weighted by atomic mass is 10.1. The number of hydrogen-bond acceptors (Lipinski definition) is 7. The Kier molecular flexibility index (Phi) is 5.60. The standard InChI is InChI=1S/C20H24FN7O/c1-9(22)10(2)26-20-15(21)8-14(18(23)29)19(28-20)27-13-5-6-16-17(7-13)25-12(4)11(3)24-16/h5-10H,22H2,1-4H3,(H2,23,29)(H2,26,27,28)/t9-,10+/m1/s1. The third kappa shape index (κ3) is 4.40. The highest BCUT2D eigenvalue weighted by Gasteiger charge is 2.18. The van der Waals surface area contributed by atoms with Gasteiger partial charge in [0.05, 0.1) is 28.0 Å². The molecule has 0 fully saturated rings. The fraction of sp³-hybridized carbons (Fsp3) is 0.300. The van der Waals surface area contributed by atoms with E-state index in [9.17, 15) is 9.18 Å². The summed E-state index contributed by atoms with van der Waals surface area (Å²) in [4.78, 5) is 25.1. The average molecular weight is 397 g/mol. The Morgan fingerprint density at radius 1 is 1.03 bits per heavy atom. The summed E-state index contributed by atoms with van der Waals surface area (Å²) in [6.45, 7) is 7.39. The maximum Gasteiger partial charge on any atom is 0.252 e. The Bertz CT molecular complexity index is 1080. The van der Waals surface area contributed by atoms with Crippen LogP contribution in [0.15, 0.2) is 24.3 Å². The lowest BCUT2D eigenvalue weighted by molar-refractivity contribution is 0.100. The van der Waals surface area contributed by atoms with Gasteiger partial charge in [-0.05, 0) is 52.0 Å². The van der Waals surface area contributed by atoms with Crippen LogP contribution in [0.3, 0.4) is 0 Å². The molecule has 2 heterocycles. The van der Waals surface area contributed by atoms with Crippen molar-refractivity contribution < 1.29 is 9.18 Å². The van der Waals surface area contributed by atoms with Crippen molar-refractivity contribution in [1.29, 1.82) is 0 Å². The molecule has 0 aliphatic carbocycles. The summed E-state index contributed by atoms with van der Waals surface area (Å²) in [6.07, 6.45) is 0. The molecule has 0 aliphatic rings. The fourth-order valence-corrected chi connectivity index (χ4v) is 2.67. The van der Waals surface area contributed by atoms with Gasteiger partial charge in [-0.25, -0.2) is 19.3 Å². The van der Waals surface area contributed by atoms with Crippen LogP contribution in [0.1, 0.15) is 35.6 Å². The first-order valence-electron chi connectivity index (χ1n) is 9.20. The van der Waals surface area contributed by atoms with Gasteiger partial charge in [0.2, 0.25) is 0 Å². The van der Waals surface area contributed by atoms with E-state index in [0.29, 0.717) is 11.2 Å². The predicted octanol–water partition coefficient (Wildman–Crippen LogP) is 2.77. The number of primary amides is 1. The van der Waals surface area contributed by atoms with Crippen molar-refractivity contribution in [3.8, 4) is 0 Å². The second kappa shape index (κ2) is 7.96. The average Bonchev–Trinajstić information content (AvgIpc) is 2.65. The number of hydrogen-bond donors (Lipinski definition) is 4. The van der Waals surface area contributed by atoms with E-state index in [0.717, 1.165) is 23.0 Å². The van der Waals surface area contributed by atoms with Gasteiger partial charge in [-0.1, -0.05) is 0 Å². The van der Waals surface area contributed by atoms with E-state index in [1.54, 1.807) is 19.1 Å². The molecule has 8 nitrogen and oxygen atoms in total. The molecule has 0 bridgehead atoms. The van der Waals surface area contributed by atoms with Gasteiger partial charge in [0.25, 0.3) is 5.91 Å². The molecule has 2 aromatic heterocycles. The summed E-state index contributed by atoms with van der Waals surface area (Å²) in [5.41, 5.74) is 14.9. The molecule has 0 saturated carbocycles. The molecule has 0 spiro atoms. The molecule has 3 aromatic rings. The molecular formula is C20H24FN7O. The van der Waals surface area contributed by atoms with Crippen molar-refractivity contribution in [2.24, 2.45) is 11.5 Å². The minimum absolute atomic E-state index is 0.0191. The normalized spacial score (nSPS) is 13.2. The Morgan fingerprint density at radius 2 is 1.69 bits per heavy atom. The summed E-state index contributed by atoms with van der Waals surface area (Å²) in [7, 11) is 0. The summed E-state index contributed by atoms with van der Waals surface area (Å²) in [5.74, 6) is -1.37. The number of anilines is 3. The van der Waals surface area contributed by atoms with Crippen LogP contribution in [0.2, 0.25) is 0 Å². The number of nitrogens with two attached hydrogens (primary N) is 2. The van der Waals surface area contributed by atoms with E-state index in [1.165, 1.54) is 0 Å². The summed E-state index contributed by atoms with van der Waals surface area (Å²) in [6, 6.07) is 5.96. The number of halogens is 1. The van der Waals surface area contributed by atoms with Crippen LogP contribution in [0, 0.1) is 19.7 Å². The van der Waals surface area contributed by atoms with E-state index >= 15 is 0 Å². The number of aromatic nitrogens is 3. The number of fused-ring (bicyclic) bond motifs is 1. The number of amides is 1. The highest BCUT2D eigenvalue weighted by Crippen LogP contribution is 2.26. The maximum atomic E-state index is 14.4. The number of nitrogens with one attached hydrogen (secondary N) is 2. The van der Waals surface area contributed by atoms with Crippen LogP contribution < -0.4 is 22.1 Å². The molecule has 3 rings (SSSR count). The quantitative estimate of drug-likeness (QED) is 0.503. The maximum absolute atomic E-state index is 14.4. The molecule has 1 amide bonds. The smallest absolute Gasteiger partial charge is 0.252 e. The van der Waals surface area contributed by atoms with E-state index in [2.05, 4.69) is 25.6 Å². The van der Waals surface area contributed by atoms with E-state index < -0.39 is 11.7 Å². The van der Waals surface area contributed by atoms with Crippen LogP contribution in [-0.2, 0) is 0 Å². The van der Waals surface area contributed by atoms with Crippen LogP contribution in [-0.4, -0.2) is 32.9 Å². The second-order valence-electron chi connectivity index (χ2n) is 7.09. The van der Waals surface area contributed by atoms with Crippen LogP contribution in [0.4, 0.5) is 21.7 Å². The van der Waals surface area contributed by atoms with Gasteiger partial charge in [0.1, 0.15) is 5.82 Å². The molecule has 9 heteroatoms. The van der Waals surface area contributed by atoms with Crippen molar-refractivity contribution in [3.63, 3.8) is 0 Å². The second-order valence-corrected chi connectivity index (χ2v) is 7.09. The van der Waals surface area contributed by atoms with Gasteiger partial charge < -0.3 is 22.1 Å². The van der Waals surface area contributed by atoms with Gasteiger partial charge in [0.15, 0.2) is 11.6 Å². The minimum Gasteiger partial charge on any atom is -0.365 e. The first kappa shape index (κ1) is 20.4. The lowest BCUT2D eigenvalue weighted by Gasteiger charge is -2.20. The number of pyridine rings is 1. The number of nitrogens with zero attached hydrogens (tertiary/aromatic N) is 3. The molecule has 152 valence electrons. The number of carbonyl (C=O) groups is 1. The largest absolute Gasteiger partial charge is 0.365 e. The molecule has 6 N–H and O–H groups in total. The van der Waals surface area contributed by atoms with Crippen LogP contribution >= 0.6 is 0 Å². The zero-order valence-corrected chi connectivity index (χ0v) is 16.7. The Hall–Kier alpha value is -3.33. The highest BCUT2D eigenvalue weighted by atomic mass is 19.1. The predicted molar refractivity (Wildman–Crippen MR) is 112 cm³/mol. The number of benzene rings is 1. The Morgan fingerprint density at radius 3 is 2.31 bits per heavy atom. The highest BCUT2D eigenvalue weighted by molar-refractivity contribution is 5.98. The topological polar surface area (TPSA) is 132 Å². The molecule has 2 atom stereocenters. The van der Waals surface area contributed by atoms with Crippen molar-refractivity contribution in [1.82, 2.24) is 15.0 Å². The van der Waals surface area contributed by atoms with Crippen molar-refractivity contribution in [3.05, 3.63) is 47.0 Å². The molecular weight excluding hydrogens is 373 g/mol. The first-order chi connectivity index (χ1) is 13.7. The van der Waals surface area contributed by atoms with Gasteiger partial charge >= 0.3 is 0 Å². The fourth-order valence-electron chi connectivity index (χ4n) is 2.67. The van der Waals surface area contributed by atoms with Crippen molar-refractivity contribution in [2.45, 2.75) is 39.8 Å². The Labute approximate surface area is 167 Å². The van der Waals surface area contributed by atoms with E-state index in [4.69, 9.17) is 11.5 Å². The lowest BCUT2D eigenvalue weighted by Crippen LogP contribution is -2.35. The number of rotatable bonds is 6. The summed E-state index contributed by atoms with van der Waals surface area (Å²) in [5, 5.41) is 5.95. The zero-order valence-electron chi connectivity index (χ0n) is 16.7. The van der Waals surface area contributed by atoms with Gasteiger partial charge in [-0.15, -0.1) is 0 Å². The molecule has 0 radical (unpaired) electrons. The summed E-state index contributed by atoms with van der Waals surface area (Å²) < 4.78 is 14.4. The molecule has 0 aliphatic heterocycles. The third-order valence-corrected chi connectivity index (χ3v) is 4.73. The van der Waals surface area contributed by atoms with Crippen molar-refractivity contribution in [2.75, 3.05) is 10.6 Å². The van der Waals surface area contributed by atoms with Crippen LogP contribution in [0.5, 0.6) is 0 Å². The van der Waals surface area contributed by atoms with Crippen molar-refractivity contribution >= 4 is 34.3 Å². The number of aryl methyl sites for hydroxylation is 2. The van der Waals surface area contributed by atoms with Gasteiger partial charge in [-0.2, -0.15) is 0 Å². The van der Waals surface area contributed by atoms with E-state index in [1.807, 2.05) is 26.8 Å². The molecule has 1 aromatic carbocycles. The van der Waals surface area contributed by atoms with Gasteiger partial charge in [0, 0.05) is 17.8 Å².